The number of carboxylic acids is 3. The van der Waals surface area contributed by atoms with Crippen LogP contribution < -0.4 is 0 Å². The van der Waals surface area contributed by atoms with Crippen molar-refractivity contribution in [1.82, 2.24) is 0 Å². The number of carboxylic acid groups (broad SMARTS) is 3. The predicted molar refractivity (Wildman–Crippen MR) is 91.3 cm³/mol. The van der Waals surface area contributed by atoms with Gasteiger partial charge in [0.1, 0.15) is 6.10 Å². The summed E-state index contributed by atoms with van der Waals surface area (Å²) in [5.41, 5.74) is 1.32. The lowest BCUT2D eigenvalue weighted by atomic mass is 10.2. The summed E-state index contributed by atoms with van der Waals surface area (Å²) >= 11 is 0. The Kier molecular flexibility index (Phi) is 28.9. The Labute approximate surface area is 146 Å². The van der Waals surface area contributed by atoms with E-state index in [0.29, 0.717) is 0 Å². The van der Waals surface area contributed by atoms with Gasteiger partial charge < -0.3 is 30.6 Å². The van der Waals surface area contributed by atoms with Gasteiger partial charge in [-0.15, -0.1) is 0 Å². The van der Waals surface area contributed by atoms with Gasteiger partial charge in [0, 0.05) is 20.8 Å². The first-order chi connectivity index (χ1) is 11.4. The van der Waals surface area contributed by atoms with Crippen molar-refractivity contribution in [3.63, 3.8) is 0 Å². The van der Waals surface area contributed by atoms with E-state index in [9.17, 15) is 0 Å². The molecule has 0 saturated heterocycles. The molecule has 6 N–H and O–H groups in total. The molecule has 1 aromatic carbocycles. The molecule has 25 heavy (non-hydrogen) atoms. The number of benzene rings is 1. The minimum Gasteiger partial charge on any atom is -0.481 e. The molecule has 0 unspecified atom stereocenters. The van der Waals surface area contributed by atoms with Gasteiger partial charge in [-0.25, -0.2) is 0 Å². The Bertz CT molecular complexity index is 388. The average molecular weight is 364 g/mol. The molecule has 0 aromatic heterocycles. The molecule has 1 aromatic rings. The van der Waals surface area contributed by atoms with Crippen molar-refractivity contribution in [1.29, 1.82) is 0 Å². The van der Waals surface area contributed by atoms with E-state index in [2.05, 4.69) is 19.1 Å². The second kappa shape index (κ2) is 23.8. The van der Waals surface area contributed by atoms with E-state index in [0.717, 1.165) is 20.8 Å². The second-order valence-corrected chi connectivity index (χ2v) is 4.23. The monoisotopic (exact) mass is 364 g/mol. The van der Waals surface area contributed by atoms with E-state index in [4.69, 9.17) is 45.0 Å². The van der Waals surface area contributed by atoms with E-state index in [1.165, 1.54) is 5.56 Å². The Morgan fingerprint density at radius 2 is 1.04 bits per heavy atom. The Morgan fingerprint density at radius 1 is 0.800 bits per heavy atom. The highest BCUT2D eigenvalue weighted by molar-refractivity contribution is 5.63. The van der Waals surface area contributed by atoms with Gasteiger partial charge in [0.05, 0.1) is 13.2 Å². The third-order valence-electron chi connectivity index (χ3n) is 1.36. The van der Waals surface area contributed by atoms with Gasteiger partial charge in [0.25, 0.3) is 17.9 Å². The molecular formula is C16H28O9. The lowest BCUT2D eigenvalue weighted by Crippen LogP contribution is -2.15. The standard InChI is InChI=1S/C7H8.C3H8O3.3C2H4O2/c1-7-5-3-2-4-6-7;4-1-3(6)2-5;3*1-2(3)4/h2-6H,1H3;3-6H,1-2H2;3*1H3,(H,3,4). The first-order valence-corrected chi connectivity index (χ1v) is 6.90. The quantitative estimate of drug-likeness (QED) is 0.439. The third-order valence-corrected chi connectivity index (χ3v) is 1.36. The molecule has 0 spiro atoms. The molecule has 0 heterocycles. The van der Waals surface area contributed by atoms with Crippen LogP contribution in [0.2, 0.25) is 0 Å². The maximum Gasteiger partial charge on any atom is 0.300 e. The first-order valence-electron chi connectivity index (χ1n) is 6.90. The highest BCUT2D eigenvalue weighted by atomic mass is 16.4. The Hall–Kier alpha value is -2.49. The van der Waals surface area contributed by atoms with Crippen molar-refractivity contribution in [2.24, 2.45) is 0 Å². The zero-order valence-electron chi connectivity index (χ0n) is 14.8. The summed E-state index contributed by atoms with van der Waals surface area (Å²) in [7, 11) is 0. The molecular weight excluding hydrogens is 336 g/mol. The number of aliphatic carboxylic acids is 3. The summed E-state index contributed by atoms with van der Waals surface area (Å²) in [6, 6.07) is 10.3. The molecule has 0 bridgehead atoms. The van der Waals surface area contributed by atoms with Crippen LogP contribution in [-0.2, 0) is 14.4 Å². The minimum atomic E-state index is -0.954. The molecule has 9 heteroatoms. The SMILES string of the molecule is CC(=O)O.CC(=O)O.CC(=O)O.Cc1ccccc1.OCC(O)CO. The molecule has 0 aliphatic rings. The molecule has 0 amide bonds. The van der Waals surface area contributed by atoms with Gasteiger partial charge in [-0.3, -0.25) is 14.4 Å². The normalized spacial score (nSPS) is 7.84. The summed E-state index contributed by atoms with van der Waals surface area (Å²) in [5.74, 6) is -2.50. The number of aliphatic hydroxyl groups is 3. The van der Waals surface area contributed by atoms with Gasteiger partial charge in [0.2, 0.25) is 0 Å². The highest BCUT2D eigenvalue weighted by Gasteiger charge is 1.93. The molecule has 0 fully saturated rings. The Morgan fingerprint density at radius 3 is 1.12 bits per heavy atom. The second-order valence-electron chi connectivity index (χ2n) is 4.23. The highest BCUT2D eigenvalue weighted by Crippen LogP contribution is 1.92. The van der Waals surface area contributed by atoms with Crippen LogP contribution >= 0.6 is 0 Å². The fourth-order valence-electron chi connectivity index (χ4n) is 0.592. The van der Waals surface area contributed by atoms with Crippen LogP contribution in [0.5, 0.6) is 0 Å². The molecule has 0 aliphatic heterocycles. The maximum atomic E-state index is 9.00. The number of aryl methyl sites for hydroxylation is 1. The van der Waals surface area contributed by atoms with Crippen LogP contribution in [0.25, 0.3) is 0 Å². The molecule has 0 aliphatic carbocycles. The molecule has 0 saturated carbocycles. The van der Waals surface area contributed by atoms with E-state index in [1.54, 1.807) is 0 Å². The number of rotatable bonds is 2. The maximum absolute atomic E-state index is 9.00. The summed E-state index contributed by atoms with van der Waals surface area (Å²) < 4.78 is 0. The predicted octanol–water partition coefficient (Wildman–Crippen LogP) is 0.600. The molecule has 0 radical (unpaired) electrons. The fourth-order valence-corrected chi connectivity index (χ4v) is 0.592. The van der Waals surface area contributed by atoms with Crippen molar-refractivity contribution in [2.75, 3.05) is 13.2 Å². The van der Waals surface area contributed by atoms with E-state index < -0.39 is 24.0 Å². The van der Waals surface area contributed by atoms with Crippen LogP contribution in [0.4, 0.5) is 0 Å². The largest absolute Gasteiger partial charge is 0.481 e. The van der Waals surface area contributed by atoms with Crippen LogP contribution in [0.3, 0.4) is 0 Å². The molecule has 9 nitrogen and oxygen atoms in total. The molecule has 0 atom stereocenters. The molecule has 146 valence electrons. The number of hydrogen-bond donors (Lipinski definition) is 6. The van der Waals surface area contributed by atoms with Crippen molar-refractivity contribution in [3.05, 3.63) is 35.9 Å². The van der Waals surface area contributed by atoms with Crippen molar-refractivity contribution in [2.45, 2.75) is 33.8 Å². The fraction of sp³-hybridized carbons (Fsp3) is 0.438. The first kappa shape index (κ1) is 30.4. The lowest BCUT2D eigenvalue weighted by Gasteiger charge is -1.96. The van der Waals surface area contributed by atoms with Gasteiger partial charge in [0.15, 0.2) is 0 Å². The van der Waals surface area contributed by atoms with E-state index in [1.807, 2.05) is 18.2 Å². The van der Waals surface area contributed by atoms with Crippen molar-refractivity contribution in [3.8, 4) is 0 Å². The zero-order chi connectivity index (χ0) is 20.8. The van der Waals surface area contributed by atoms with Crippen molar-refractivity contribution >= 4 is 17.9 Å². The summed E-state index contributed by atoms with van der Waals surface area (Å²) in [6.45, 7) is 4.60. The van der Waals surface area contributed by atoms with E-state index >= 15 is 0 Å². The number of carbonyl (C=O) groups is 3. The molecule has 1 rings (SSSR count). The summed E-state index contributed by atoms with van der Waals surface area (Å²) in [5, 5.41) is 46.3. The van der Waals surface area contributed by atoms with Gasteiger partial charge >= 0.3 is 0 Å². The Balaban J connectivity index is -0.000000113. The third kappa shape index (κ3) is 90.5. The summed E-state index contributed by atoms with van der Waals surface area (Å²) in [6.07, 6.45) is -0.954. The zero-order valence-corrected chi connectivity index (χ0v) is 14.8. The number of hydrogen-bond acceptors (Lipinski definition) is 6. The topological polar surface area (TPSA) is 173 Å². The number of aliphatic hydroxyl groups excluding tert-OH is 3. The van der Waals surface area contributed by atoms with Gasteiger partial charge in [-0.05, 0) is 6.92 Å². The van der Waals surface area contributed by atoms with E-state index in [-0.39, 0.29) is 13.2 Å². The minimum absolute atomic E-state index is 0.365. The van der Waals surface area contributed by atoms with Crippen LogP contribution in [0.15, 0.2) is 30.3 Å². The van der Waals surface area contributed by atoms with Crippen molar-refractivity contribution < 1.29 is 45.0 Å². The average Bonchev–Trinajstić information content (AvgIpc) is 2.46. The van der Waals surface area contributed by atoms with Gasteiger partial charge in [-0.2, -0.15) is 0 Å². The smallest absolute Gasteiger partial charge is 0.300 e. The lowest BCUT2D eigenvalue weighted by molar-refractivity contribution is -0.135. The van der Waals surface area contributed by atoms with Crippen LogP contribution in [0.1, 0.15) is 26.3 Å². The van der Waals surface area contributed by atoms with Crippen LogP contribution in [-0.4, -0.2) is 67.9 Å². The van der Waals surface area contributed by atoms with Crippen LogP contribution in [0, 0.1) is 6.92 Å². The van der Waals surface area contributed by atoms with Gasteiger partial charge in [-0.1, -0.05) is 35.9 Å². The summed E-state index contributed by atoms with van der Waals surface area (Å²) in [4.78, 5) is 27.0.